The second-order valence-corrected chi connectivity index (χ2v) is 10.4. The van der Waals surface area contributed by atoms with Crippen molar-refractivity contribution in [2.24, 2.45) is 0 Å². The van der Waals surface area contributed by atoms with E-state index < -0.39 is 0 Å². The van der Waals surface area contributed by atoms with E-state index in [-0.39, 0.29) is 11.9 Å². The van der Waals surface area contributed by atoms with Crippen LogP contribution in [0.1, 0.15) is 72.9 Å². The van der Waals surface area contributed by atoms with Crippen LogP contribution in [0.5, 0.6) is 0 Å². The van der Waals surface area contributed by atoms with Gasteiger partial charge in [-0.2, -0.15) is 0 Å². The first-order chi connectivity index (χ1) is 15.5. The number of nitrogens with zero attached hydrogens (tertiary/aromatic N) is 3. The minimum absolute atomic E-state index is 0.179. The lowest BCUT2D eigenvalue weighted by Crippen LogP contribution is -2.53. The smallest absolute Gasteiger partial charge is 0.318 e. The Morgan fingerprint density at radius 1 is 0.875 bits per heavy atom. The number of piperidine rings is 2. The molecule has 0 bridgehead atoms. The van der Waals surface area contributed by atoms with Crippen molar-refractivity contribution in [2.75, 3.05) is 26.2 Å². The average Bonchev–Trinajstić information content (AvgIpc) is 3.15. The van der Waals surface area contributed by atoms with Gasteiger partial charge in [-0.15, -0.1) is 0 Å². The Labute approximate surface area is 192 Å². The van der Waals surface area contributed by atoms with E-state index >= 15 is 0 Å². The van der Waals surface area contributed by atoms with Crippen LogP contribution in [0.25, 0.3) is 0 Å². The van der Waals surface area contributed by atoms with Crippen LogP contribution in [0, 0.1) is 13.8 Å². The number of hydrogen-bond acceptors (Lipinski definition) is 3. The Balaban J connectivity index is 1.14. The van der Waals surface area contributed by atoms with Crippen LogP contribution in [-0.2, 0) is 0 Å². The molecule has 3 heterocycles. The fourth-order valence-electron chi connectivity index (χ4n) is 6.71. The molecule has 3 saturated heterocycles. The topological polar surface area (TPSA) is 55.9 Å². The van der Waals surface area contributed by atoms with Gasteiger partial charge in [-0.3, -0.25) is 4.79 Å². The van der Waals surface area contributed by atoms with Gasteiger partial charge in [0.2, 0.25) is 0 Å². The highest BCUT2D eigenvalue weighted by Gasteiger charge is 2.44. The summed E-state index contributed by atoms with van der Waals surface area (Å²) in [6.07, 6.45) is 9.08. The Bertz CT molecular complexity index is 835. The van der Waals surface area contributed by atoms with Crippen molar-refractivity contribution >= 4 is 11.9 Å². The Morgan fingerprint density at radius 2 is 1.50 bits per heavy atom. The van der Waals surface area contributed by atoms with Crippen LogP contribution in [0.3, 0.4) is 0 Å². The lowest BCUT2D eigenvalue weighted by atomic mass is 9.89. The number of fused-ring (bicyclic) bond motifs is 1. The molecule has 6 nitrogen and oxygen atoms in total. The van der Waals surface area contributed by atoms with Crippen molar-refractivity contribution in [3.63, 3.8) is 0 Å². The summed E-state index contributed by atoms with van der Waals surface area (Å²) in [5.41, 5.74) is 3.03. The lowest BCUT2D eigenvalue weighted by molar-refractivity contribution is 0.0471. The highest BCUT2D eigenvalue weighted by Crippen LogP contribution is 2.33. The Kier molecular flexibility index (Phi) is 6.15. The molecule has 0 spiro atoms. The average molecular weight is 439 g/mol. The monoisotopic (exact) mass is 438 g/mol. The molecule has 32 heavy (non-hydrogen) atoms. The molecule has 2 atom stereocenters. The third-order valence-electron chi connectivity index (χ3n) is 8.49. The lowest BCUT2D eigenvalue weighted by Gasteiger charge is -2.44. The number of likely N-dealkylation sites (tertiary alicyclic amines) is 2. The molecule has 0 radical (unpaired) electrons. The third-order valence-corrected chi connectivity index (χ3v) is 8.49. The Hall–Kier alpha value is -2.08. The number of nitrogens with one attached hydrogen (secondary N) is 1. The Morgan fingerprint density at radius 3 is 2.19 bits per heavy atom. The molecule has 3 aliphatic heterocycles. The van der Waals surface area contributed by atoms with Gasteiger partial charge in [0.15, 0.2) is 0 Å². The maximum Gasteiger partial charge on any atom is 0.318 e. The summed E-state index contributed by atoms with van der Waals surface area (Å²) in [7, 11) is 0. The fraction of sp³-hybridized carbons (Fsp3) is 0.692. The summed E-state index contributed by atoms with van der Waals surface area (Å²) in [6.45, 7) is 7.90. The van der Waals surface area contributed by atoms with E-state index in [1.807, 2.05) is 32.0 Å². The molecule has 1 N–H and O–H groups in total. The van der Waals surface area contributed by atoms with Gasteiger partial charge in [-0.1, -0.05) is 31.0 Å². The molecule has 1 aromatic carbocycles. The molecular formula is C26H38N4O2. The van der Waals surface area contributed by atoms with Crippen LogP contribution in [0.2, 0.25) is 0 Å². The quantitative estimate of drug-likeness (QED) is 0.783. The van der Waals surface area contributed by atoms with E-state index in [0.29, 0.717) is 24.2 Å². The van der Waals surface area contributed by atoms with Crippen LogP contribution < -0.4 is 5.32 Å². The molecule has 1 saturated carbocycles. The molecule has 174 valence electrons. The van der Waals surface area contributed by atoms with Crippen LogP contribution in [-0.4, -0.2) is 77.0 Å². The zero-order chi connectivity index (χ0) is 22.2. The third kappa shape index (κ3) is 4.02. The first kappa shape index (κ1) is 21.7. The van der Waals surface area contributed by atoms with E-state index in [2.05, 4.69) is 20.0 Å². The predicted octanol–water partition coefficient (Wildman–Crippen LogP) is 3.71. The van der Waals surface area contributed by atoms with Gasteiger partial charge in [-0.05, 0) is 63.5 Å². The predicted molar refractivity (Wildman–Crippen MR) is 126 cm³/mol. The van der Waals surface area contributed by atoms with Crippen LogP contribution in [0.15, 0.2) is 18.2 Å². The summed E-state index contributed by atoms with van der Waals surface area (Å²) in [5.74, 6) is 0.194. The van der Waals surface area contributed by atoms with Gasteiger partial charge >= 0.3 is 6.03 Å². The summed E-state index contributed by atoms with van der Waals surface area (Å²) in [4.78, 5) is 32.7. The van der Waals surface area contributed by atoms with E-state index in [1.54, 1.807) is 0 Å². The van der Waals surface area contributed by atoms with Gasteiger partial charge in [0.25, 0.3) is 5.91 Å². The fourth-order valence-corrected chi connectivity index (χ4v) is 6.71. The van der Waals surface area contributed by atoms with Gasteiger partial charge in [0, 0.05) is 43.8 Å². The first-order valence-corrected chi connectivity index (χ1v) is 12.7. The first-order valence-electron chi connectivity index (χ1n) is 12.7. The largest absolute Gasteiger partial charge is 0.339 e. The number of aryl methyl sites for hydroxylation is 2. The number of urea groups is 1. The SMILES string of the molecule is Cc1cccc(C)c1C(=O)N1CCC(N2CCC(N3C(=O)NC4CCCC[C@H]43)CC2)CC1. The van der Waals surface area contributed by atoms with Crippen molar-refractivity contribution in [1.82, 2.24) is 20.0 Å². The maximum atomic E-state index is 13.1. The van der Waals surface area contributed by atoms with Crippen molar-refractivity contribution in [3.8, 4) is 0 Å². The molecular weight excluding hydrogens is 400 g/mol. The number of benzene rings is 1. The van der Waals surface area contributed by atoms with Gasteiger partial charge in [0.05, 0.1) is 12.1 Å². The van der Waals surface area contributed by atoms with E-state index in [1.165, 1.54) is 12.8 Å². The minimum Gasteiger partial charge on any atom is -0.339 e. The number of amides is 3. The number of hydrogen-bond donors (Lipinski definition) is 1. The van der Waals surface area contributed by atoms with Gasteiger partial charge in [0.1, 0.15) is 0 Å². The van der Waals surface area contributed by atoms with Gasteiger partial charge < -0.3 is 20.0 Å². The second kappa shape index (κ2) is 9.05. The minimum atomic E-state index is 0.179. The maximum absolute atomic E-state index is 13.1. The summed E-state index contributed by atoms with van der Waals surface area (Å²) in [5, 5.41) is 3.25. The molecule has 1 aliphatic carbocycles. The number of carbonyl (C=O) groups excluding carboxylic acids is 2. The molecule has 1 aromatic rings. The van der Waals surface area contributed by atoms with E-state index in [9.17, 15) is 9.59 Å². The summed E-state index contributed by atoms with van der Waals surface area (Å²) >= 11 is 0. The number of carbonyl (C=O) groups is 2. The molecule has 4 fully saturated rings. The highest BCUT2D eigenvalue weighted by atomic mass is 16.2. The van der Waals surface area contributed by atoms with Gasteiger partial charge in [-0.25, -0.2) is 4.79 Å². The molecule has 5 rings (SSSR count). The number of rotatable bonds is 3. The zero-order valence-corrected chi connectivity index (χ0v) is 19.7. The van der Waals surface area contributed by atoms with Crippen LogP contribution in [0.4, 0.5) is 4.79 Å². The second-order valence-electron chi connectivity index (χ2n) is 10.4. The molecule has 4 aliphatic rings. The summed E-state index contributed by atoms with van der Waals surface area (Å²) < 4.78 is 0. The van der Waals surface area contributed by atoms with Crippen molar-refractivity contribution in [1.29, 1.82) is 0 Å². The van der Waals surface area contributed by atoms with E-state index in [4.69, 9.17) is 0 Å². The molecule has 6 heteroatoms. The van der Waals surface area contributed by atoms with Crippen molar-refractivity contribution < 1.29 is 9.59 Å². The standard InChI is InChI=1S/C26H38N4O2/c1-18-6-5-7-19(2)24(18)25(31)29-16-10-20(11-17-29)28-14-12-21(13-15-28)30-23-9-4-3-8-22(23)27-26(30)32/h5-7,20-23H,3-4,8-17H2,1-2H3,(H,27,32)/t22?,23-/m1/s1. The molecule has 1 unspecified atom stereocenters. The molecule has 3 amide bonds. The van der Waals surface area contributed by atoms with E-state index in [0.717, 1.165) is 81.4 Å². The van der Waals surface area contributed by atoms with Crippen molar-refractivity contribution in [3.05, 3.63) is 34.9 Å². The normalized spacial score (nSPS) is 28.0. The highest BCUT2D eigenvalue weighted by molar-refractivity contribution is 5.97. The van der Waals surface area contributed by atoms with Crippen LogP contribution >= 0.6 is 0 Å². The van der Waals surface area contributed by atoms with Crippen molar-refractivity contribution in [2.45, 2.75) is 89.4 Å². The zero-order valence-electron chi connectivity index (χ0n) is 19.7. The molecule has 0 aromatic heterocycles. The summed E-state index contributed by atoms with van der Waals surface area (Å²) in [6, 6.07) is 8.04.